The number of hydrogen-bond acceptors (Lipinski definition) is 3. The van der Waals surface area contributed by atoms with Crippen LogP contribution in [0.25, 0.3) is 6.08 Å². The quantitative estimate of drug-likeness (QED) is 0.489. The summed E-state index contributed by atoms with van der Waals surface area (Å²) in [6.45, 7) is 0. The van der Waals surface area contributed by atoms with E-state index in [0.29, 0.717) is 17.9 Å². The third kappa shape index (κ3) is 2.95. The molecule has 0 aromatic heterocycles. The summed E-state index contributed by atoms with van der Waals surface area (Å²) in [7, 11) is 0. The second-order valence-electron chi connectivity index (χ2n) is 2.85. The molecule has 0 radical (unpaired) electrons. The third-order valence-corrected chi connectivity index (χ3v) is 2.03. The summed E-state index contributed by atoms with van der Waals surface area (Å²) in [6, 6.07) is 4.39. The van der Waals surface area contributed by atoms with E-state index in [-0.39, 0.29) is 11.4 Å². The van der Waals surface area contributed by atoms with Crippen molar-refractivity contribution in [1.82, 2.24) is 0 Å². The number of nitrogens with zero attached hydrogens (tertiary/aromatic N) is 1. The molecule has 0 saturated heterocycles. The first-order valence-electron chi connectivity index (χ1n) is 4.35. The Bertz CT molecular complexity index is 390. The highest BCUT2D eigenvalue weighted by molar-refractivity contribution is 6.17. The summed E-state index contributed by atoms with van der Waals surface area (Å²) < 4.78 is 0. The highest BCUT2D eigenvalue weighted by Crippen LogP contribution is 2.30. The van der Waals surface area contributed by atoms with Crippen LogP contribution in [0.3, 0.4) is 0 Å². The van der Waals surface area contributed by atoms with Gasteiger partial charge in [-0.05, 0) is 6.42 Å². The predicted molar refractivity (Wildman–Crippen MR) is 59.1 cm³/mol. The zero-order valence-corrected chi connectivity index (χ0v) is 8.65. The van der Waals surface area contributed by atoms with E-state index in [0.717, 1.165) is 0 Å². The van der Waals surface area contributed by atoms with Gasteiger partial charge in [-0.1, -0.05) is 24.3 Å². The summed E-state index contributed by atoms with van der Waals surface area (Å²) in [4.78, 5) is 9.89. The molecule has 0 aliphatic heterocycles. The van der Waals surface area contributed by atoms with Crippen molar-refractivity contribution in [3.05, 3.63) is 40.0 Å². The number of nitro benzene ring substituents is 1. The van der Waals surface area contributed by atoms with Gasteiger partial charge in [-0.2, -0.15) is 0 Å². The Balaban J connectivity index is 2.99. The minimum atomic E-state index is -0.617. The van der Waals surface area contributed by atoms with Crippen LogP contribution in [0.4, 0.5) is 5.69 Å². The smallest absolute Gasteiger partial charge is 0.311 e. The molecule has 5 heteroatoms. The molecular weight excluding hydrogens is 218 g/mol. The van der Waals surface area contributed by atoms with Crippen molar-refractivity contribution >= 4 is 23.4 Å². The predicted octanol–water partition coefficient (Wildman–Crippen LogP) is 2.94. The number of rotatable bonds is 4. The largest absolute Gasteiger partial charge is 0.502 e. The first kappa shape index (κ1) is 11.5. The summed E-state index contributed by atoms with van der Waals surface area (Å²) in [6.07, 6.45) is 4.03. The van der Waals surface area contributed by atoms with Crippen LogP contribution >= 0.6 is 11.6 Å². The maximum atomic E-state index is 10.5. The van der Waals surface area contributed by atoms with Crippen LogP contribution in [0.1, 0.15) is 12.0 Å². The first-order valence-corrected chi connectivity index (χ1v) is 4.89. The molecule has 0 aliphatic carbocycles. The van der Waals surface area contributed by atoms with Crippen molar-refractivity contribution in [3.63, 3.8) is 0 Å². The SMILES string of the molecule is O=[N+]([O-])c1cccc(C=CCCCl)c1O. The van der Waals surface area contributed by atoms with Crippen molar-refractivity contribution in [2.24, 2.45) is 0 Å². The Labute approximate surface area is 92.0 Å². The Kier molecular flexibility index (Phi) is 4.12. The molecule has 0 unspecified atom stereocenters. The number of para-hydroxylation sites is 1. The lowest BCUT2D eigenvalue weighted by Crippen LogP contribution is -1.89. The second-order valence-corrected chi connectivity index (χ2v) is 3.23. The van der Waals surface area contributed by atoms with Crippen LogP contribution in [0.2, 0.25) is 0 Å². The van der Waals surface area contributed by atoms with Gasteiger partial charge in [0.05, 0.1) is 4.92 Å². The zero-order valence-electron chi connectivity index (χ0n) is 7.89. The van der Waals surface area contributed by atoms with Gasteiger partial charge in [0.2, 0.25) is 5.75 Å². The normalized spacial score (nSPS) is 10.7. The number of aromatic hydroxyl groups is 1. The molecule has 0 saturated carbocycles. The molecule has 15 heavy (non-hydrogen) atoms. The Morgan fingerprint density at radius 1 is 1.53 bits per heavy atom. The molecule has 80 valence electrons. The van der Waals surface area contributed by atoms with Gasteiger partial charge in [0.25, 0.3) is 0 Å². The van der Waals surface area contributed by atoms with E-state index in [1.807, 2.05) is 0 Å². The number of benzene rings is 1. The number of hydrogen-bond donors (Lipinski definition) is 1. The van der Waals surface area contributed by atoms with Crippen LogP contribution in [0.5, 0.6) is 5.75 Å². The molecule has 0 heterocycles. The van der Waals surface area contributed by atoms with Gasteiger partial charge in [0.1, 0.15) is 0 Å². The van der Waals surface area contributed by atoms with Crippen LogP contribution in [-0.2, 0) is 0 Å². The molecule has 4 nitrogen and oxygen atoms in total. The van der Waals surface area contributed by atoms with Crippen LogP contribution in [-0.4, -0.2) is 15.9 Å². The Morgan fingerprint density at radius 2 is 2.27 bits per heavy atom. The molecule has 1 N–H and O–H groups in total. The van der Waals surface area contributed by atoms with E-state index in [1.54, 1.807) is 18.2 Å². The Hall–Kier alpha value is -1.55. The maximum Gasteiger partial charge on any atom is 0.311 e. The highest BCUT2D eigenvalue weighted by Gasteiger charge is 2.14. The van der Waals surface area contributed by atoms with Crippen molar-refractivity contribution < 1.29 is 10.0 Å². The minimum absolute atomic E-state index is 0.289. The molecular formula is C10H10ClNO3. The van der Waals surface area contributed by atoms with Crippen LogP contribution in [0.15, 0.2) is 24.3 Å². The first-order chi connectivity index (χ1) is 7.16. The molecule has 0 bridgehead atoms. The summed E-state index contributed by atoms with van der Waals surface area (Å²) in [5.41, 5.74) is 0.136. The topological polar surface area (TPSA) is 63.4 Å². The zero-order chi connectivity index (χ0) is 11.3. The summed E-state index contributed by atoms with van der Waals surface area (Å²) >= 11 is 5.47. The number of nitro groups is 1. The fraction of sp³-hybridized carbons (Fsp3) is 0.200. The highest BCUT2D eigenvalue weighted by atomic mass is 35.5. The van der Waals surface area contributed by atoms with Crippen molar-refractivity contribution in [2.45, 2.75) is 6.42 Å². The van der Waals surface area contributed by atoms with E-state index < -0.39 is 4.92 Å². The van der Waals surface area contributed by atoms with Gasteiger partial charge >= 0.3 is 5.69 Å². The lowest BCUT2D eigenvalue weighted by Gasteiger charge is -1.99. The van der Waals surface area contributed by atoms with Crippen LogP contribution < -0.4 is 0 Å². The number of alkyl halides is 1. The molecule has 0 aliphatic rings. The van der Waals surface area contributed by atoms with Gasteiger partial charge in [-0.15, -0.1) is 11.6 Å². The second kappa shape index (κ2) is 5.36. The molecule has 1 aromatic rings. The number of halogens is 1. The van der Waals surface area contributed by atoms with Gasteiger partial charge in [-0.3, -0.25) is 10.1 Å². The van der Waals surface area contributed by atoms with E-state index in [4.69, 9.17) is 11.6 Å². The van der Waals surface area contributed by atoms with E-state index >= 15 is 0 Å². The Morgan fingerprint density at radius 3 is 2.87 bits per heavy atom. The number of phenolic OH excluding ortho intramolecular Hbond substituents is 1. The van der Waals surface area contributed by atoms with Crippen molar-refractivity contribution in [3.8, 4) is 5.75 Å². The van der Waals surface area contributed by atoms with E-state index in [9.17, 15) is 15.2 Å². The fourth-order valence-electron chi connectivity index (χ4n) is 1.10. The molecule has 0 atom stereocenters. The summed E-state index contributed by atoms with van der Waals surface area (Å²) in [5.74, 6) is 0.167. The minimum Gasteiger partial charge on any atom is -0.502 e. The van der Waals surface area contributed by atoms with E-state index in [2.05, 4.69) is 0 Å². The lowest BCUT2D eigenvalue weighted by atomic mass is 10.1. The molecule has 0 spiro atoms. The molecule has 0 fully saturated rings. The molecule has 1 rings (SSSR count). The summed E-state index contributed by atoms with van der Waals surface area (Å²) in [5, 5.41) is 20.0. The third-order valence-electron chi connectivity index (χ3n) is 1.82. The van der Waals surface area contributed by atoms with Gasteiger partial charge < -0.3 is 5.11 Å². The average molecular weight is 228 g/mol. The maximum absolute atomic E-state index is 10.5. The number of phenols is 1. The number of allylic oxidation sites excluding steroid dienone is 1. The molecule has 0 amide bonds. The molecule has 1 aromatic carbocycles. The van der Waals surface area contributed by atoms with Crippen LogP contribution in [0, 0.1) is 10.1 Å². The van der Waals surface area contributed by atoms with Gasteiger partial charge in [-0.25, -0.2) is 0 Å². The van der Waals surface area contributed by atoms with Gasteiger partial charge in [0.15, 0.2) is 0 Å². The van der Waals surface area contributed by atoms with Crippen molar-refractivity contribution in [1.29, 1.82) is 0 Å². The fourth-order valence-corrected chi connectivity index (χ4v) is 1.23. The van der Waals surface area contributed by atoms with E-state index in [1.165, 1.54) is 12.1 Å². The average Bonchev–Trinajstić information content (AvgIpc) is 2.20. The monoisotopic (exact) mass is 227 g/mol. The lowest BCUT2D eigenvalue weighted by molar-refractivity contribution is -0.385. The van der Waals surface area contributed by atoms with Crippen molar-refractivity contribution in [2.75, 3.05) is 5.88 Å². The van der Waals surface area contributed by atoms with Gasteiger partial charge in [0, 0.05) is 17.5 Å². The standard InChI is InChI=1S/C10H10ClNO3/c11-7-2-1-4-8-5-3-6-9(10(8)13)12(14)15/h1,3-6,13H,2,7H2.